The van der Waals surface area contributed by atoms with Crippen molar-refractivity contribution in [2.75, 3.05) is 10.8 Å². The smallest absolute Gasteiger partial charge is 0.265 e. The number of amides is 1. The molecule has 1 atom stereocenters. The van der Waals surface area contributed by atoms with Gasteiger partial charge in [-0.15, -0.1) is 0 Å². The van der Waals surface area contributed by atoms with E-state index in [4.69, 9.17) is 0 Å². The second kappa shape index (κ2) is 8.43. The highest BCUT2D eigenvalue weighted by atomic mass is 32.2. The van der Waals surface area contributed by atoms with E-state index in [2.05, 4.69) is 18.3 Å². The van der Waals surface area contributed by atoms with Gasteiger partial charge in [0.25, 0.3) is 10.0 Å². The van der Waals surface area contributed by atoms with E-state index in [0.29, 0.717) is 11.3 Å². The Morgan fingerprint density at radius 3 is 2.44 bits per heavy atom. The van der Waals surface area contributed by atoms with Gasteiger partial charge in [-0.1, -0.05) is 49.4 Å². The van der Waals surface area contributed by atoms with Crippen molar-refractivity contribution >= 4 is 21.6 Å². The van der Waals surface area contributed by atoms with Gasteiger partial charge in [0.05, 0.1) is 16.6 Å². The van der Waals surface area contributed by atoms with E-state index in [0.717, 1.165) is 28.7 Å². The molecule has 1 heterocycles. The highest BCUT2D eigenvalue weighted by Gasteiger charge is 2.36. The normalized spacial score (nSPS) is 14.9. The summed E-state index contributed by atoms with van der Waals surface area (Å²) >= 11 is 0. The van der Waals surface area contributed by atoms with Crippen molar-refractivity contribution in [3.63, 3.8) is 0 Å². The number of benzene rings is 3. The Bertz CT molecular complexity index is 1300. The van der Waals surface area contributed by atoms with Crippen molar-refractivity contribution in [2.24, 2.45) is 0 Å². The molecule has 0 spiro atoms. The van der Waals surface area contributed by atoms with Crippen LogP contribution in [0.3, 0.4) is 0 Å². The maximum atomic E-state index is 13.4. The molecule has 1 aliphatic rings. The number of carbonyl (C=O) groups is 1. The summed E-state index contributed by atoms with van der Waals surface area (Å²) in [6, 6.07) is 18.6. The summed E-state index contributed by atoms with van der Waals surface area (Å²) in [4.78, 5) is 13.2. The first-order valence-corrected chi connectivity index (χ1v) is 12.3. The van der Waals surface area contributed by atoms with E-state index in [1.54, 1.807) is 12.1 Å². The van der Waals surface area contributed by atoms with Crippen LogP contribution in [0.15, 0.2) is 65.6 Å². The Kier molecular flexibility index (Phi) is 5.82. The summed E-state index contributed by atoms with van der Waals surface area (Å²) in [5.41, 5.74) is 6.50. The molecule has 6 heteroatoms. The molecule has 1 unspecified atom stereocenters. The minimum absolute atomic E-state index is 0.232. The fourth-order valence-corrected chi connectivity index (χ4v) is 5.75. The molecule has 5 nitrogen and oxygen atoms in total. The molecule has 1 N–H and O–H groups in total. The molecule has 1 amide bonds. The Balaban J connectivity index is 1.66. The largest absolute Gasteiger partial charge is 0.348 e. The second-order valence-corrected chi connectivity index (χ2v) is 10.2. The molecule has 0 fully saturated rings. The number of nitrogens with zero attached hydrogens (tertiary/aromatic N) is 1. The predicted octanol–water partition coefficient (Wildman–Crippen LogP) is 4.92. The number of sulfonamides is 1. The third-order valence-corrected chi connectivity index (χ3v) is 8.00. The maximum Gasteiger partial charge on any atom is 0.265 e. The highest BCUT2D eigenvalue weighted by Crippen LogP contribution is 2.43. The van der Waals surface area contributed by atoms with Crippen LogP contribution < -0.4 is 9.62 Å². The van der Waals surface area contributed by atoms with Gasteiger partial charge in [0.2, 0.25) is 5.91 Å². The van der Waals surface area contributed by atoms with Crippen LogP contribution in [0.1, 0.15) is 42.1 Å². The minimum Gasteiger partial charge on any atom is -0.348 e. The molecule has 0 saturated carbocycles. The Morgan fingerprint density at radius 1 is 0.969 bits per heavy atom. The molecule has 32 heavy (non-hydrogen) atoms. The van der Waals surface area contributed by atoms with Crippen molar-refractivity contribution in [2.45, 2.75) is 45.1 Å². The summed E-state index contributed by atoms with van der Waals surface area (Å²) in [5.74, 6) is -0.343. The molecule has 3 aromatic rings. The molecule has 0 bridgehead atoms. The van der Waals surface area contributed by atoms with Crippen LogP contribution in [-0.2, 0) is 21.2 Å². The molecule has 0 radical (unpaired) electrons. The first-order chi connectivity index (χ1) is 15.2. The van der Waals surface area contributed by atoms with Crippen LogP contribution in [0.5, 0.6) is 0 Å². The summed E-state index contributed by atoms with van der Waals surface area (Å²) in [7, 11) is -3.85. The molecule has 0 saturated heterocycles. The second-order valence-electron chi connectivity index (χ2n) is 8.35. The maximum absolute atomic E-state index is 13.4. The number of carbonyl (C=O) groups excluding carboxylic acids is 1. The van der Waals surface area contributed by atoms with Gasteiger partial charge >= 0.3 is 0 Å². The van der Waals surface area contributed by atoms with Crippen molar-refractivity contribution in [3.8, 4) is 11.1 Å². The molecule has 1 aliphatic heterocycles. The summed E-state index contributed by atoms with van der Waals surface area (Å²) in [6.07, 6.45) is 0.843. The third kappa shape index (κ3) is 3.91. The number of hydrogen-bond acceptors (Lipinski definition) is 3. The minimum atomic E-state index is -3.85. The van der Waals surface area contributed by atoms with E-state index in [9.17, 15) is 13.2 Å². The zero-order chi connectivity index (χ0) is 23.0. The monoisotopic (exact) mass is 448 g/mol. The number of nitrogens with one attached hydrogen (secondary N) is 1. The Labute approximate surface area is 190 Å². The Morgan fingerprint density at radius 2 is 1.72 bits per heavy atom. The van der Waals surface area contributed by atoms with Crippen LogP contribution in [0.25, 0.3) is 11.1 Å². The van der Waals surface area contributed by atoms with Gasteiger partial charge in [-0.3, -0.25) is 9.10 Å². The first-order valence-electron chi connectivity index (χ1n) is 10.8. The van der Waals surface area contributed by atoms with Gasteiger partial charge in [-0.25, -0.2) is 8.42 Å². The van der Waals surface area contributed by atoms with Crippen molar-refractivity contribution in [1.29, 1.82) is 0 Å². The van der Waals surface area contributed by atoms with Gasteiger partial charge in [-0.05, 0) is 67.6 Å². The Hall–Kier alpha value is -3.12. The van der Waals surface area contributed by atoms with E-state index < -0.39 is 10.0 Å². The fourth-order valence-electron chi connectivity index (χ4n) is 4.10. The van der Waals surface area contributed by atoms with Crippen molar-refractivity contribution in [1.82, 2.24) is 5.32 Å². The van der Waals surface area contributed by atoms with Gasteiger partial charge < -0.3 is 5.32 Å². The average Bonchev–Trinajstić information content (AvgIpc) is 2.78. The van der Waals surface area contributed by atoms with E-state index >= 15 is 0 Å². The zero-order valence-corrected chi connectivity index (χ0v) is 19.7. The lowest BCUT2D eigenvalue weighted by Crippen LogP contribution is -2.43. The highest BCUT2D eigenvalue weighted by molar-refractivity contribution is 7.93. The van der Waals surface area contributed by atoms with E-state index in [1.807, 2.05) is 63.2 Å². The molecule has 3 aromatic carbocycles. The van der Waals surface area contributed by atoms with Crippen molar-refractivity contribution in [3.05, 3.63) is 82.9 Å². The van der Waals surface area contributed by atoms with E-state index in [1.165, 1.54) is 9.87 Å². The lowest BCUT2D eigenvalue weighted by atomic mass is 9.99. The van der Waals surface area contributed by atoms with Crippen LogP contribution >= 0.6 is 0 Å². The summed E-state index contributed by atoms with van der Waals surface area (Å²) in [5, 5.41) is 2.96. The van der Waals surface area contributed by atoms with Crippen LogP contribution in [0.4, 0.5) is 5.69 Å². The van der Waals surface area contributed by atoms with Gasteiger partial charge in [0, 0.05) is 11.1 Å². The lowest BCUT2D eigenvalue weighted by molar-refractivity contribution is -0.120. The van der Waals surface area contributed by atoms with Gasteiger partial charge in [0.15, 0.2) is 0 Å². The predicted molar refractivity (Wildman–Crippen MR) is 128 cm³/mol. The number of fused-ring (bicyclic) bond motifs is 3. The molecular formula is C26H28N2O3S. The molecule has 0 aliphatic carbocycles. The number of anilines is 1. The van der Waals surface area contributed by atoms with Crippen molar-refractivity contribution < 1.29 is 13.2 Å². The molecule has 166 valence electrons. The van der Waals surface area contributed by atoms with E-state index in [-0.39, 0.29) is 23.4 Å². The average molecular weight is 449 g/mol. The SMILES string of the molecule is CCc1ccc2c(c1)-c1ccccc1S(=O)(=O)N2CC(=O)NC(C)c1ccc(C)c(C)c1. The summed E-state index contributed by atoms with van der Waals surface area (Å²) < 4.78 is 28.1. The molecular weight excluding hydrogens is 420 g/mol. The molecule has 4 rings (SSSR count). The zero-order valence-electron chi connectivity index (χ0n) is 18.8. The lowest BCUT2D eigenvalue weighted by Gasteiger charge is -2.32. The first kappa shape index (κ1) is 22.1. The van der Waals surface area contributed by atoms with Gasteiger partial charge in [0.1, 0.15) is 6.54 Å². The topological polar surface area (TPSA) is 66.5 Å². The summed E-state index contributed by atoms with van der Waals surface area (Å²) in [6.45, 7) is 7.77. The molecule has 0 aromatic heterocycles. The number of hydrogen-bond donors (Lipinski definition) is 1. The van der Waals surface area contributed by atoms with Crippen LogP contribution in [0, 0.1) is 13.8 Å². The number of rotatable bonds is 5. The number of aryl methyl sites for hydroxylation is 3. The van der Waals surface area contributed by atoms with Crippen LogP contribution in [0.2, 0.25) is 0 Å². The van der Waals surface area contributed by atoms with Crippen LogP contribution in [-0.4, -0.2) is 20.9 Å². The third-order valence-electron chi connectivity index (χ3n) is 6.18. The quantitative estimate of drug-likeness (QED) is 0.603. The van der Waals surface area contributed by atoms with Gasteiger partial charge in [-0.2, -0.15) is 0 Å². The standard InChI is InChI=1S/C26H28N2O3S/c1-5-20-11-13-24-23(15-20)22-8-6-7-9-25(22)32(30,31)28(24)16-26(29)27-19(4)21-12-10-17(2)18(3)14-21/h6-15,19H,5,16H2,1-4H3,(H,27,29). The fraction of sp³-hybridized carbons (Fsp3) is 0.269.